The predicted molar refractivity (Wildman–Crippen MR) is 101 cm³/mol. The van der Waals surface area contributed by atoms with Gasteiger partial charge in [0, 0.05) is 22.6 Å². The van der Waals surface area contributed by atoms with E-state index in [2.05, 4.69) is 0 Å². The van der Waals surface area contributed by atoms with Crippen LogP contribution in [0.25, 0.3) is 11.0 Å². The van der Waals surface area contributed by atoms with Crippen LogP contribution in [0.5, 0.6) is 5.75 Å². The summed E-state index contributed by atoms with van der Waals surface area (Å²) in [6.45, 7) is -0.654. The van der Waals surface area contributed by atoms with Crippen molar-refractivity contribution in [3.05, 3.63) is 74.3 Å². The molecule has 0 fully saturated rings. The van der Waals surface area contributed by atoms with Crippen LogP contribution in [0.3, 0.4) is 0 Å². The van der Waals surface area contributed by atoms with Gasteiger partial charge >= 0.3 is 11.6 Å². The Morgan fingerprint density at radius 3 is 2.82 bits per heavy atom. The van der Waals surface area contributed by atoms with Gasteiger partial charge in [0.2, 0.25) is 0 Å². The molecule has 0 aliphatic heterocycles. The summed E-state index contributed by atoms with van der Waals surface area (Å²) in [4.78, 5) is 24.0. The smallest absolute Gasteiger partial charge is 0.344 e. The van der Waals surface area contributed by atoms with Crippen molar-refractivity contribution in [3.63, 3.8) is 0 Å². The molecule has 0 N–H and O–H groups in total. The molecule has 2 aromatic carbocycles. The van der Waals surface area contributed by atoms with Gasteiger partial charge in [0.1, 0.15) is 23.8 Å². The quantitative estimate of drug-likeness (QED) is 0.472. The van der Waals surface area contributed by atoms with Gasteiger partial charge in [-0.25, -0.2) is 14.0 Å². The summed E-state index contributed by atoms with van der Waals surface area (Å²) >= 11 is 5.90. The minimum Gasteiger partial charge on any atom is -0.482 e. The Bertz CT molecular complexity index is 1100. The van der Waals surface area contributed by atoms with Crippen LogP contribution in [-0.2, 0) is 29.0 Å². The molecular formula is C21H16ClFO5. The molecule has 3 aromatic rings. The van der Waals surface area contributed by atoms with Crippen molar-refractivity contribution >= 4 is 28.5 Å². The third kappa shape index (κ3) is 3.60. The van der Waals surface area contributed by atoms with E-state index < -0.39 is 11.8 Å². The molecule has 0 saturated heterocycles. The van der Waals surface area contributed by atoms with Crippen molar-refractivity contribution in [1.29, 1.82) is 0 Å². The Balaban J connectivity index is 1.42. The topological polar surface area (TPSA) is 65.7 Å². The SMILES string of the molecule is O=C(COc1ccc2c3c(c(=O)oc2c1)CCC3)OCc1c(F)cccc1Cl. The highest BCUT2D eigenvalue weighted by Gasteiger charge is 2.20. The van der Waals surface area contributed by atoms with Gasteiger partial charge in [0.25, 0.3) is 0 Å². The zero-order valence-corrected chi connectivity index (χ0v) is 15.6. The summed E-state index contributed by atoms with van der Waals surface area (Å²) in [6.07, 6.45) is 2.53. The lowest BCUT2D eigenvalue weighted by Crippen LogP contribution is -2.15. The van der Waals surface area contributed by atoms with Crippen LogP contribution in [0.4, 0.5) is 4.39 Å². The molecule has 1 aliphatic rings. The van der Waals surface area contributed by atoms with Crippen molar-refractivity contribution in [2.75, 3.05) is 6.61 Å². The summed E-state index contributed by atoms with van der Waals surface area (Å²) < 4.78 is 29.5. The Morgan fingerprint density at radius 1 is 1.18 bits per heavy atom. The maximum atomic E-state index is 13.7. The Morgan fingerprint density at radius 2 is 2.00 bits per heavy atom. The number of carbonyl (C=O) groups is 1. The molecule has 28 heavy (non-hydrogen) atoms. The van der Waals surface area contributed by atoms with Gasteiger partial charge in [0.15, 0.2) is 6.61 Å². The molecule has 7 heteroatoms. The van der Waals surface area contributed by atoms with Crippen LogP contribution in [-0.4, -0.2) is 12.6 Å². The zero-order chi connectivity index (χ0) is 19.7. The van der Waals surface area contributed by atoms with Crippen molar-refractivity contribution in [1.82, 2.24) is 0 Å². The van der Waals surface area contributed by atoms with Gasteiger partial charge in [-0.2, -0.15) is 0 Å². The first kappa shape index (κ1) is 18.5. The fourth-order valence-electron chi connectivity index (χ4n) is 3.36. The number of hydrogen-bond donors (Lipinski definition) is 0. The van der Waals surface area contributed by atoms with Crippen LogP contribution in [0.15, 0.2) is 45.6 Å². The van der Waals surface area contributed by atoms with Crippen molar-refractivity contribution in [3.8, 4) is 5.75 Å². The fraction of sp³-hybridized carbons (Fsp3) is 0.238. The first-order valence-electron chi connectivity index (χ1n) is 8.83. The summed E-state index contributed by atoms with van der Waals surface area (Å²) in [6, 6.07) is 9.34. The minimum atomic E-state index is -0.671. The van der Waals surface area contributed by atoms with Crippen molar-refractivity contribution < 1.29 is 23.1 Å². The van der Waals surface area contributed by atoms with Gasteiger partial charge < -0.3 is 13.9 Å². The van der Waals surface area contributed by atoms with E-state index in [4.69, 9.17) is 25.5 Å². The maximum Gasteiger partial charge on any atom is 0.344 e. The number of benzene rings is 2. The second kappa shape index (κ2) is 7.64. The Hall–Kier alpha value is -2.86. The van der Waals surface area contributed by atoms with Crippen LogP contribution in [0.2, 0.25) is 5.02 Å². The van der Waals surface area contributed by atoms with E-state index in [1.54, 1.807) is 12.1 Å². The second-order valence-corrected chi connectivity index (χ2v) is 6.91. The molecule has 4 rings (SSSR count). The zero-order valence-electron chi connectivity index (χ0n) is 14.8. The number of fused-ring (bicyclic) bond motifs is 3. The number of rotatable bonds is 5. The lowest BCUT2D eigenvalue weighted by molar-refractivity contribution is -0.147. The van der Waals surface area contributed by atoms with Crippen molar-refractivity contribution in [2.45, 2.75) is 25.9 Å². The number of ether oxygens (including phenoxy) is 2. The fourth-order valence-corrected chi connectivity index (χ4v) is 3.58. The highest BCUT2D eigenvalue weighted by atomic mass is 35.5. The molecule has 0 bridgehead atoms. The molecule has 0 atom stereocenters. The van der Waals surface area contributed by atoms with Crippen LogP contribution in [0.1, 0.15) is 23.1 Å². The average molecular weight is 403 g/mol. The molecule has 0 amide bonds. The molecule has 1 aliphatic carbocycles. The largest absolute Gasteiger partial charge is 0.482 e. The summed E-state index contributed by atoms with van der Waals surface area (Å²) in [7, 11) is 0. The molecular weight excluding hydrogens is 387 g/mol. The van der Waals surface area contributed by atoms with Crippen LogP contribution < -0.4 is 10.4 Å². The first-order valence-corrected chi connectivity index (χ1v) is 9.20. The van der Waals surface area contributed by atoms with E-state index in [1.807, 2.05) is 6.07 Å². The highest BCUT2D eigenvalue weighted by molar-refractivity contribution is 6.31. The third-order valence-corrected chi connectivity index (χ3v) is 5.10. The average Bonchev–Trinajstić information content (AvgIpc) is 3.16. The lowest BCUT2D eigenvalue weighted by Gasteiger charge is -2.10. The molecule has 0 radical (unpaired) electrons. The van der Waals surface area contributed by atoms with Crippen LogP contribution in [0, 0.1) is 5.82 Å². The standard InChI is InChI=1S/C21H16ClFO5/c22-17-5-2-6-18(23)16(17)10-27-20(24)11-26-12-7-8-14-13-3-1-4-15(13)21(25)28-19(14)9-12/h2,5-9H,1,3-4,10-11H2. The number of hydrogen-bond acceptors (Lipinski definition) is 5. The van der Waals surface area contributed by atoms with Gasteiger partial charge in [-0.1, -0.05) is 17.7 Å². The molecule has 0 spiro atoms. The predicted octanol–water partition coefficient (Wildman–Crippen LogP) is 4.20. The summed E-state index contributed by atoms with van der Waals surface area (Å²) in [5.41, 5.74) is 1.99. The third-order valence-electron chi connectivity index (χ3n) is 4.74. The molecule has 1 aromatic heterocycles. The van der Waals surface area contributed by atoms with E-state index in [0.717, 1.165) is 35.8 Å². The number of esters is 1. The number of carbonyl (C=O) groups excluding carboxylic acids is 1. The molecule has 0 unspecified atom stereocenters. The van der Waals surface area contributed by atoms with E-state index in [1.165, 1.54) is 18.2 Å². The molecule has 1 heterocycles. The minimum absolute atomic E-state index is 0.110. The summed E-state index contributed by atoms with van der Waals surface area (Å²) in [5, 5.41) is 1.07. The van der Waals surface area contributed by atoms with E-state index in [0.29, 0.717) is 11.3 Å². The number of aryl methyl sites for hydroxylation is 1. The first-order chi connectivity index (χ1) is 13.5. The summed E-state index contributed by atoms with van der Waals surface area (Å²) in [5.74, 6) is -0.845. The van der Waals surface area contributed by atoms with Crippen LogP contribution >= 0.6 is 11.6 Å². The maximum absolute atomic E-state index is 13.7. The van der Waals surface area contributed by atoms with Crippen molar-refractivity contribution in [2.24, 2.45) is 0 Å². The van der Waals surface area contributed by atoms with E-state index in [-0.39, 0.29) is 29.4 Å². The number of halogens is 2. The van der Waals surface area contributed by atoms with Gasteiger partial charge in [-0.05, 0) is 49.1 Å². The van der Waals surface area contributed by atoms with Gasteiger partial charge in [-0.3, -0.25) is 0 Å². The van der Waals surface area contributed by atoms with E-state index >= 15 is 0 Å². The molecule has 0 saturated carbocycles. The normalized spacial score (nSPS) is 12.8. The second-order valence-electron chi connectivity index (χ2n) is 6.51. The highest BCUT2D eigenvalue weighted by Crippen LogP contribution is 2.29. The molecule has 5 nitrogen and oxygen atoms in total. The monoisotopic (exact) mass is 402 g/mol. The lowest BCUT2D eigenvalue weighted by atomic mass is 10.1. The van der Waals surface area contributed by atoms with E-state index in [9.17, 15) is 14.0 Å². The Labute approximate surface area is 164 Å². The Kier molecular flexibility index (Phi) is 5.05. The van der Waals surface area contributed by atoms with Gasteiger partial charge in [0.05, 0.1) is 5.02 Å². The van der Waals surface area contributed by atoms with Gasteiger partial charge in [-0.15, -0.1) is 0 Å². The molecule has 144 valence electrons.